The Balaban J connectivity index is 1.94. The maximum absolute atomic E-state index is 12.8. The number of ether oxygens (including phenoxy) is 1. The van der Waals surface area contributed by atoms with Gasteiger partial charge in [-0.15, -0.1) is 0 Å². The second-order valence-corrected chi connectivity index (χ2v) is 6.90. The molecule has 0 aliphatic rings. The molecule has 0 heterocycles. The van der Waals surface area contributed by atoms with Crippen LogP contribution in [0, 0.1) is 5.82 Å². The van der Waals surface area contributed by atoms with E-state index in [0.29, 0.717) is 12.1 Å². The summed E-state index contributed by atoms with van der Waals surface area (Å²) in [6.45, 7) is 1.75. The van der Waals surface area contributed by atoms with Gasteiger partial charge in [-0.3, -0.25) is 0 Å². The lowest BCUT2D eigenvalue weighted by atomic mass is 10.1. The van der Waals surface area contributed by atoms with Gasteiger partial charge in [0.05, 0.1) is 12.0 Å². The highest BCUT2D eigenvalue weighted by atomic mass is 32.2. The smallest absolute Gasteiger partial charge is 0.276 e. The van der Waals surface area contributed by atoms with E-state index in [9.17, 15) is 12.8 Å². The van der Waals surface area contributed by atoms with Crippen LogP contribution in [-0.2, 0) is 16.4 Å². The molecule has 0 aliphatic carbocycles. The van der Waals surface area contributed by atoms with Crippen LogP contribution in [0.3, 0.4) is 0 Å². The zero-order valence-corrected chi connectivity index (χ0v) is 14.3. The van der Waals surface area contributed by atoms with E-state index >= 15 is 0 Å². The van der Waals surface area contributed by atoms with Crippen LogP contribution < -0.4 is 9.57 Å². The van der Waals surface area contributed by atoms with Gasteiger partial charge in [0.1, 0.15) is 11.6 Å². The highest BCUT2D eigenvalue weighted by Crippen LogP contribution is 2.13. The molecular formula is C17H19FN2O3S. The summed E-state index contributed by atoms with van der Waals surface area (Å²) in [5.74, 6) is 0.296. The van der Waals surface area contributed by atoms with Crippen LogP contribution in [0.1, 0.15) is 18.9 Å². The quantitative estimate of drug-likeness (QED) is 0.616. The summed E-state index contributed by atoms with van der Waals surface area (Å²) in [6.07, 6.45) is 1.34. The summed E-state index contributed by atoms with van der Waals surface area (Å²) in [6, 6.07) is 12.2. The SMILES string of the molecule is COc1ccc(CCC(C)=NNS(=O)(=O)c2ccc(F)cc2)cc1. The molecule has 0 aliphatic heterocycles. The number of benzene rings is 2. The summed E-state index contributed by atoms with van der Waals surface area (Å²) in [4.78, 5) is 2.13. The third-order valence-electron chi connectivity index (χ3n) is 3.42. The zero-order chi connectivity index (χ0) is 17.6. The third-order valence-corrected chi connectivity index (χ3v) is 4.64. The van der Waals surface area contributed by atoms with Crippen molar-refractivity contribution in [2.75, 3.05) is 7.11 Å². The number of hydrazone groups is 1. The lowest BCUT2D eigenvalue weighted by molar-refractivity contribution is 0.414. The fraction of sp³-hybridized carbons (Fsp3) is 0.235. The molecule has 0 fully saturated rings. The van der Waals surface area contributed by atoms with Crippen LogP contribution in [0.15, 0.2) is 58.5 Å². The molecule has 1 N–H and O–H groups in total. The van der Waals surface area contributed by atoms with Crippen LogP contribution >= 0.6 is 0 Å². The minimum atomic E-state index is -3.78. The van der Waals surface area contributed by atoms with Crippen molar-refractivity contribution in [2.24, 2.45) is 5.10 Å². The molecule has 24 heavy (non-hydrogen) atoms. The van der Waals surface area contributed by atoms with Gasteiger partial charge in [-0.2, -0.15) is 13.5 Å². The number of aryl methyl sites for hydroxylation is 1. The van der Waals surface area contributed by atoms with Gasteiger partial charge in [0.2, 0.25) is 0 Å². The molecule has 128 valence electrons. The maximum Gasteiger partial charge on any atom is 0.276 e. The zero-order valence-electron chi connectivity index (χ0n) is 13.5. The van der Waals surface area contributed by atoms with Gasteiger partial charge in [-0.05, 0) is 61.7 Å². The molecule has 0 saturated carbocycles. The summed E-state index contributed by atoms with van der Waals surface area (Å²) in [5.41, 5.74) is 1.75. The maximum atomic E-state index is 12.8. The minimum absolute atomic E-state index is 0.0318. The van der Waals surface area contributed by atoms with Crippen LogP contribution in [0.5, 0.6) is 5.75 Å². The lowest BCUT2D eigenvalue weighted by Crippen LogP contribution is -2.19. The molecule has 2 aromatic carbocycles. The standard InChI is InChI=1S/C17H19FN2O3S/c1-13(3-4-14-5-9-16(23-2)10-6-14)19-20-24(21,22)17-11-7-15(18)8-12-17/h5-12,20H,3-4H2,1-2H3. The number of rotatable bonds is 7. The minimum Gasteiger partial charge on any atom is -0.497 e. The number of hydrogen-bond acceptors (Lipinski definition) is 4. The lowest BCUT2D eigenvalue weighted by Gasteiger charge is -2.06. The number of hydrogen-bond donors (Lipinski definition) is 1. The van der Waals surface area contributed by atoms with Gasteiger partial charge < -0.3 is 4.74 Å². The first-order valence-corrected chi connectivity index (χ1v) is 8.82. The van der Waals surface area contributed by atoms with E-state index in [1.54, 1.807) is 14.0 Å². The first kappa shape index (κ1) is 17.9. The second kappa shape index (κ2) is 7.92. The Hall–Kier alpha value is -2.41. The van der Waals surface area contributed by atoms with Crippen molar-refractivity contribution in [3.63, 3.8) is 0 Å². The third kappa shape index (κ3) is 5.06. The monoisotopic (exact) mass is 350 g/mol. The van der Waals surface area contributed by atoms with Crippen molar-refractivity contribution in [2.45, 2.75) is 24.7 Å². The molecule has 0 radical (unpaired) electrons. The normalized spacial score (nSPS) is 12.0. The molecule has 0 bridgehead atoms. The van der Waals surface area contributed by atoms with E-state index in [1.165, 1.54) is 12.1 Å². The molecule has 0 spiro atoms. The second-order valence-electron chi connectivity index (χ2n) is 5.24. The summed E-state index contributed by atoms with van der Waals surface area (Å²) in [7, 11) is -2.17. The van der Waals surface area contributed by atoms with Gasteiger partial charge in [-0.25, -0.2) is 9.22 Å². The number of halogens is 1. The average molecular weight is 350 g/mol. The molecule has 0 aromatic heterocycles. The van der Waals surface area contributed by atoms with E-state index in [0.717, 1.165) is 29.9 Å². The Morgan fingerprint density at radius 3 is 2.33 bits per heavy atom. The van der Waals surface area contributed by atoms with Crippen LogP contribution in [0.25, 0.3) is 0 Å². The number of nitrogens with zero attached hydrogens (tertiary/aromatic N) is 1. The van der Waals surface area contributed by atoms with Gasteiger partial charge in [0.25, 0.3) is 10.0 Å². The van der Waals surface area contributed by atoms with Crippen molar-refractivity contribution >= 4 is 15.7 Å². The fourth-order valence-electron chi connectivity index (χ4n) is 1.98. The number of methoxy groups -OCH3 is 1. The first-order valence-electron chi connectivity index (χ1n) is 7.34. The Labute approximate surface area is 141 Å². The fourth-order valence-corrected chi connectivity index (χ4v) is 2.85. The van der Waals surface area contributed by atoms with Crippen molar-refractivity contribution in [3.05, 3.63) is 59.9 Å². The van der Waals surface area contributed by atoms with Crippen LogP contribution in [0.4, 0.5) is 4.39 Å². The largest absolute Gasteiger partial charge is 0.497 e. The van der Waals surface area contributed by atoms with Crippen molar-refractivity contribution in [3.8, 4) is 5.75 Å². The van der Waals surface area contributed by atoms with E-state index in [-0.39, 0.29) is 4.90 Å². The van der Waals surface area contributed by atoms with Crippen LogP contribution in [0.2, 0.25) is 0 Å². The predicted molar refractivity (Wildman–Crippen MR) is 91.1 cm³/mol. The van der Waals surface area contributed by atoms with Crippen molar-refractivity contribution in [1.82, 2.24) is 4.83 Å². The summed E-state index contributed by atoms with van der Waals surface area (Å²) in [5, 5.41) is 3.90. The molecule has 2 aromatic rings. The predicted octanol–water partition coefficient (Wildman–Crippen LogP) is 3.12. The van der Waals surface area contributed by atoms with Crippen LogP contribution in [-0.4, -0.2) is 21.2 Å². The Morgan fingerprint density at radius 2 is 1.75 bits per heavy atom. The van der Waals surface area contributed by atoms with Crippen molar-refractivity contribution in [1.29, 1.82) is 0 Å². The van der Waals surface area contributed by atoms with E-state index < -0.39 is 15.8 Å². The molecule has 0 atom stereocenters. The molecule has 7 heteroatoms. The average Bonchev–Trinajstić information content (AvgIpc) is 2.59. The molecule has 0 saturated heterocycles. The van der Waals surface area contributed by atoms with Crippen molar-refractivity contribution < 1.29 is 17.5 Å². The molecule has 5 nitrogen and oxygen atoms in total. The van der Waals surface area contributed by atoms with Gasteiger partial charge in [0.15, 0.2) is 0 Å². The Kier molecular flexibility index (Phi) is 5.92. The van der Waals surface area contributed by atoms with E-state index in [2.05, 4.69) is 9.93 Å². The highest BCUT2D eigenvalue weighted by molar-refractivity contribution is 7.89. The van der Waals surface area contributed by atoms with Gasteiger partial charge >= 0.3 is 0 Å². The molecule has 2 rings (SSSR count). The van der Waals surface area contributed by atoms with E-state index in [4.69, 9.17) is 4.74 Å². The highest BCUT2D eigenvalue weighted by Gasteiger charge is 2.12. The topological polar surface area (TPSA) is 67.8 Å². The number of sulfonamides is 1. The van der Waals surface area contributed by atoms with Gasteiger partial charge in [-0.1, -0.05) is 12.1 Å². The molecule has 0 amide bonds. The Morgan fingerprint density at radius 1 is 1.12 bits per heavy atom. The number of nitrogens with one attached hydrogen (secondary N) is 1. The molecular weight excluding hydrogens is 331 g/mol. The van der Waals surface area contributed by atoms with Gasteiger partial charge in [0, 0.05) is 5.71 Å². The first-order chi connectivity index (χ1) is 11.4. The summed E-state index contributed by atoms with van der Waals surface area (Å²) >= 11 is 0. The summed E-state index contributed by atoms with van der Waals surface area (Å²) < 4.78 is 42.0. The van der Waals surface area contributed by atoms with E-state index in [1.807, 2.05) is 24.3 Å². The Bertz CT molecular complexity index is 801. The molecule has 0 unspecified atom stereocenters.